The molecule has 2 rings (SSSR count). The maximum absolute atomic E-state index is 13.9. The van der Waals surface area contributed by atoms with E-state index < -0.39 is 13.9 Å². The number of halogens is 1. The second-order valence-corrected chi connectivity index (χ2v) is 12.1. The van der Waals surface area contributed by atoms with Crippen LogP contribution in [0.15, 0.2) is 18.7 Å². The number of hydrogen-bond acceptors (Lipinski definition) is 3. The fourth-order valence-corrected chi connectivity index (χ4v) is 2.89. The lowest BCUT2D eigenvalue weighted by Crippen LogP contribution is -2.22. The molecular weight excluding hydrogens is 299 g/mol. The number of hydrogen-bond donors (Lipinski definition) is 0. The maximum Gasteiger partial charge on any atom is 0.167 e. The minimum Gasteiger partial charge on any atom is -0.494 e. The van der Waals surface area contributed by atoms with Crippen LogP contribution in [0.3, 0.4) is 0 Å². The molecule has 0 aliphatic carbocycles. The SMILES string of the molecule is C=Cc1nn(COCC[Si](C)(C)C)c2cc(F)c(OC)cc12. The molecule has 0 saturated carbocycles. The van der Waals surface area contributed by atoms with Crippen LogP contribution in [0.25, 0.3) is 17.0 Å². The van der Waals surface area contributed by atoms with E-state index in [4.69, 9.17) is 9.47 Å². The summed E-state index contributed by atoms with van der Waals surface area (Å²) >= 11 is 0. The van der Waals surface area contributed by atoms with Gasteiger partial charge in [-0.25, -0.2) is 9.07 Å². The fraction of sp³-hybridized carbons (Fsp3) is 0.438. The summed E-state index contributed by atoms with van der Waals surface area (Å²) in [7, 11) is 0.327. The van der Waals surface area contributed by atoms with Crippen LogP contribution in [0.4, 0.5) is 4.39 Å². The van der Waals surface area contributed by atoms with E-state index in [1.807, 2.05) is 0 Å². The third-order valence-corrected chi connectivity index (χ3v) is 5.16. The molecule has 1 aromatic heterocycles. The van der Waals surface area contributed by atoms with Crippen LogP contribution >= 0.6 is 0 Å². The van der Waals surface area contributed by atoms with Crippen molar-refractivity contribution in [3.8, 4) is 5.75 Å². The van der Waals surface area contributed by atoms with Gasteiger partial charge in [-0.1, -0.05) is 26.2 Å². The zero-order valence-corrected chi connectivity index (χ0v) is 14.6. The Bertz CT molecular complexity index is 677. The summed E-state index contributed by atoms with van der Waals surface area (Å²) in [6.07, 6.45) is 1.65. The normalized spacial score (nSPS) is 11.9. The van der Waals surface area contributed by atoms with Gasteiger partial charge in [-0.05, 0) is 18.2 Å². The number of benzene rings is 1. The van der Waals surface area contributed by atoms with Gasteiger partial charge in [-0.15, -0.1) is 0 Å². The highest BCUT2D eigenvalue weighted by molar-refractivity contribution is 6.76. The standard InChI is InChI=1S/C16H23FN2O2Si/c1-6-14-12-9-16(20-2)13(17)10-15(12)19(18-14)11-21-7-8-22(3,4)5/h6,9-10H,1,7-8,11H2,2-5H3. The Morgan fingerprint density at radius 2 is 2.09 bits per heavy atom. The van der Waals surface area contributed by atoms with E-state index in [1.54, 1.807) is 16.8 Å². The van der Waals surface area contributed by atoms with Gasteiger partial charge in [0.25, 0.3) is 0 Å². The van der Waals surface area contributed by atoms with Crippen molar-refractivity contribution in [2.45, 2.75) is 32.4 Å². The van der Waals surface area contributed by atoms with Gasteiger partial charge in [0.1, 0.15) is 6.73 Å². The van der Waals surface area contributed by atoms with Gasteiger partial charge in [0.05, 0.1) is 18.3 Å². The monoisotopic (exact) mass is 322 g/mol. The highest BCUT2D eigenvalue weighted by atomic mass is 28.3. The van der Waals surface area contributed by atoms with Gasteiger partial charge in [0, 0.05) is 26.1 Å². The number of rotatable bonds is 7. The smallest absolute Gasteiger partial charge is 0.167 e. The first kappa shape index (κ1) is 16.7. The van der Waals surface area contributed by atoms with Crippen molar-refractivity contribution in [3.63, 3.8) is 0 Å². The van der Waals surface area contributed by atoms with E-state index in [0.717, 1.165) is 11.4 Å². The van der Waals surface area contributed by atoms with Crippen molar-refractivity contribution < 1.29 is 13.9 Å². The predicted molar refractivity (Wildman–Crippen MR) is 90.4 cm³/mol. The van der Waals surface area contributed by atoms with E-state index in [0.29, 0.717) is 24.5 Å². The molecule has 0 N–H and O–H groups in total. The van der Waals surface area contributed by atoms with Gasteiger partial charge < -0.3 is 9.47 Å². The van der Waals surface area contributed by atoms with Crippen LogP contribution in [-0.4, -0.2) is 31.6 Å². The van der Waals surface area contributed by atoms with Crippen LogP contribution in [-0.2, 0) is 11.5 Å². The summed E-state index contributed by atoms with van der Waals surface area (Å²) in [5, 5.41) is 5.23. The lowest BCUT2D eigenvalue weighted by Gasteiger charge is -2.15. The minimum absolute atomic E-state index is 0.204. The first-order valence-electron chi connectivity index (χ1n) is 7.30. The molecule has 0 atom stereocenters. The van der Waals surface area contributed by atoms with Gasteiger partial charge in [-0.3, -0.25) is 0 Å². The molecule has 22 heavy (non-hydrogen) atoms. The molecule has 0 unspecified atom stereocenters. The summed E-state index contributed by atoms with van der Waals surface area (Å²) < 4.78 is 26.3. The third kappa shape index (κ3) is 3.75. The average molecular weight is 322 g/mol. The summed E-state index contributed by atoms with van der Waals surface area (Å²) in [4.78, 5) is 0. The molecule has 0 fully saturated rings. The molecule has 2 aromatic rings. The van der Waals surface area contributed by atoms with Gasteiger partial charge >= 0.3 is 0 Å². The molecule has 0 radical (unpaired) electrons. The number of aromatic nitrogens is 2. The summed E-state index contributed by atoms with van der Waals surface area (Å²) in [6, 6.07) is 4.16. The first-order chi connectivity index (χ1) is 10.4. The van der Waals surface area contributed by atoms with Crippen LogP contribution in [0.2, 0.25) is 25.7 Å². The first-order valence-corrected chi connectivity index (χ1v) is 11.0. The molecule has 0 saturated heterocycles. The molecule has 0 aliphatic heterocycles. The van der Waals surface area contributed by atoms with Crippen molar-refractivity contribution in [3.05, 3.63) is 30.2 Å². The zero-order valence-electron chi connectivity index (χ0n) is 13.6. The number of ether oxygens (including phenoxy) is 2. The van der Waals surface area contributed by atoms with E-state index in [9.17, 15) is 4.39 Å². The second-order valence-electron chi connectivity index (χ2n) is 6.44. The molecular formula is C16H23FN2O2Si. The van der Waals surface area contributed by atoms with Crippen molar-refractivity contribution in [1.29, 1.82) is 0 Å². The molecule has 0 amide bonds. The van der Waals surface area contributed by atoms with Crippen LogP contribution < -0.4 is 4.74 Å². The highest BCUT2D eigenvalue weighted by Crippen LogP contribution is 2.27. The molecule has 4 nitrogen and oxygen atoms in total. The van der Waals surface area contributed by atoms with E-state index >= 15 is 0 Å². The van der Waals surface area contributed by atoms with Crippen molar-refractivity contribution in [2.75, 3.05) is 13.7 Å². The molecule has 120 valence electrons. The lowest BCUT2D eigenvalue weighted by atomic mass is 10.2. The van der Waals surface area contributed by atoms with E-state index in [-0.39, 0.29) is 5.75 Å². The van der Waals surface area contributed by atoms with Gasteiger partial charge in [-0.2, -0.15) is 5.10 Å². The lowest BCUT2D eigenvalue weighted by molar-refractivity contribution is 0.0816. The Hall–Kier alpha value is -1.66. The van der Waals surface area contributed by atoms with Gasteiger partial charge in [0.15, 0.2) is 11.6 Å². The molecule has 1 heterocycles. The molecule has 0 spiro atoms. The Kier molecular flexibility index (Phi) is 5.03. The topological polar surface area (TPSA) is 36.3 Å². The quantitative estimate of drug-likeness (QED) is 0.568. The van der Waals surface area contributed by atoms with Crippen LogP contribution in [0, 0.1) is 5.82 Å². The minimum atomic E-state index is -1.12. The zero-order chi connectivity index (χ0) is 16.3. The Morgan fingerprint density at radius 1 is 1.36 bits per heavy atom. The average Bonchev–Trinajstić information content (AvgIpc) is 2.78. The Labute approximate surface area is 131 Å². The third-order valence-electron chi connectivity index (χ3n) is 3.46. The van der Waals surface area contributed by atoms with Crippen LogP contribution in [0.1, 0.15) is 5.69 Å². The van der Waals surface area contributed by atoms with Crippen molar-refractivity contribution in [1.82, 2.24) is 9.78 Å². The Balaban J connectivity index is 2.23. The fourth-order valence-electron chi connectivity index (χ4n) is 2.13. The Morgan fingerprint density at radius 3 is 2.68 bits per heavy atom. The molecule has 0 bridgehead atoms. The second kappa shape index (κ2) is 6.62. The van der Waals surface area contributed by atoms with Crippen LogP contribution in [0.5, 0.6) is 5.75 Å². The van der Waals surface area contributed by atoms with E-state index in [2.05, 4.69) is 31.3 Å². The predicted octanol–water partition coefficient (Wildman–Crippen LogP) is 4.14. The largest absolute Gasteiger partial charge is 0.494 e. The number of nitrogens with zero attached hydrogens (tertiary/aromatic N) is 2. The molecule has 1 aromatic carbocycles. The van der Waals surface area contributed by atoms with E-state index in [1.165, 1.54) is 13.2 Å². The number of methoxy groups -OCH3 is 1. The maximum atomic E-state index is 13.9. The van der Waals surface area contributed by atoms with Crippen molar-refractivity contribution in [2.24, 2.45) is 0 Å². The molecule has 0 aliphatic rings. The number of fused-ring (bicyclic) bond motifs is 1. The summed E-state index contributed by atoms with van der Waals surface area (Å²) in [6.45, 7) is 11.7. The summed E-state index contributed by atoms with van der Waals surface area (Å²) in [5.41, 5.74) is 1.38. The molecule has 6 heteroatoms. The highest BCUT2D eigenvalue weighted by Gasteiger charge is 2.15. The summed E-state index contributed by atoms with van der Waals surface area (Å²) in [5.74, 6) is -0.205. The van der Waals surface area contributed by atoms with Crippen molar-refractivity contribution >= 4 is 25.1 Å². The van der Waals surface area contributed by atoms with Gasteiger partial charge in [0.2, 0.25) is 0 Å².